The van der Waals surface area contributed by atoms with Gasteiger partial charge in [-0.25, -0.2) is 0 Å². The molecule has 0 bridgehead atoms. The first-order valence-corrected chi connectivity index (χ1v) is 7.49. The summed E-state index contributed by atoms with van der Waals surface area (Å²) in [5.41, 5.74) is 1.34. The van der Waals surface area contributed by atoms with Gasteiger partial charge in [0.05, 0.1) is 5.41 Å². The van der Waals surface area contributed by atoms with Gasteiger partial charge in [0.2, 0.25) is 5.89 Å². The molecule has 3 rings (SSSR count). The Labute approximate surface area is 138 Å². The Hall–Kier alpha value is -2.53. The lowest BCUT2D eigenvalue weighted by Crippen LogP contribution is -2.19. The molecule has 1 aromatic heterocycles. The van der Waals surface area contributed by atoms with E-state index in [2.05, 4.69) is 15.5 Å². The molecular weight excluding hydrogens is 314 g/mol. The van der Waals surface area contributed by atoms with Crippen LogP contribution in [0, 0.1) is 0 Å². The number of hydrogen-bond acceptors (Lipinski definition) is 5. The van der Waals surface area contributed by atoms with Crippen LogP contribution in [0.5, 0.6) is 5.75 Å². The molecular formula is C17H16ClN3O2. The number of anilines is 2. The van der Waals surface area contributed by atoms with E-state index in [0.717, 1.165) is 11.3 Å². The summed E-state index contributed by atoms with van der Waals surface area (Å²) in [6.07, 6.45) is 0. The van der Waals surface area contributed by atoms with Gasteiger partial charge in [-0.05, 0) is 55.8 Å². The molecule has 0 saturated heterocycles. The molecule has 0 fully saturated rings. The van der Waals surface area contributed by atoms with Gasteiger partial charge < -0.3 is 14.8 Å². The highest BCUT2D eigenvalue weighted by Crippen LogP contribution is 2.32. The van der Waals surface area contributed by atoms with Crippen molar-refractivity contribution in [3.8, 4) is 5.75 Å². The summed E-state index contributed by atoms with van der Waals surface area (Å²) in [5.74, 6) is 0.701. The summed E-state index contributed by atoms with van der Waals surface area (Å²) in [4.78, 5) is 0. The van der Waals surface area contributed by atoms with Gasteiger partial charge >= 0.3 is 6.01 Å². The predicted octanol–water partition coefficient (Wildman–Crippen LogP) is 4.50. The van der Waals surface area contributed by atoms with E-state index in [1.807, 2.05) is 38.1 Å². The number of aromatic nitrogens is 2. The monoisotopic (exact) mass is 329 g/mol. The smallest absolute Gasteiger partial charge is 0.320 e. The van der Waals surface area contributed by atoms with Gasteiger partial charge in [-0.1, -0.05) is 28.8 Å². The third-order valence-electron chi connectivity index (χ3n) is 3.64. The van der Waals surface area contributed by atoms with Gasteiger partial charge in [0.1, 0.15) is 5.75 Å². The average molecular weight is 330 g/mol. The van der Waals surface area contributed by atoms with Crippen LogP contribution in [0.25, 0.3) is 0 Å². The highest BCUT2D eigenvalue weighted by Gasteiger charge is 2.29. The van der Waals surface area contributed by atoms with Gasteiger partial charge in [0, 0.05) is 10.7 Å². The van der Waals surface area contributed by atoms with Crippen LogP contribution in [-0.4, -0.2) is 15.3 Å². The zero-order valence-corrected chi connectivity index (χ0v) is 13.5. The summed E-state index contributed by atoms with van der Waals surface area (Å²) in [7, 11) is 0. The Bertz CT molecular complexity index is 795. The molecule has 0 aliphatic rings. The number of aromatic hydroxyl groups is 1. The maximum absolute atomic E-state index is 9.29. The largest absolute Gasteiger partial charge is 0.508 e. The molecule has 0 aliphatic heterocycles. The number of hydrogen-bond donors (Lipinski definition) is 2. The molecule has 0 aliphatic carbocycles. The zero-order chi connectivity index (χ0) is 16.4. The molecule has 0 atom stereocenters. The van der Waals surface area contributed by atoms with Gasteiger partial charge in [0.15, 0.2) is 0 Å². The van der Waals surface area contributed by atoms with E-state index < -0.39 is 5.41 Å². The number of nitrogens with one attached hydrogen (secondary N) is 1. The Morgan fingerprint density at radius 2 is 1.65 bits per heavy atom. The SMILES string of the molecule is CC(C)(c1ccc(Cl)cc1)c1nnc(Nc2ccc(O)cc2)o1. The topological polar surface area (TPSA) is 71.2 Å². The lowest BCUT2D eigenvalue weighted by molar-refractivity contribution is 0.422. The van der Waals surface area contributed by atoms with Gasteiger partial charge in [-0.3, -0.25) is 0 Å². The minimum Gasteiger partial charge on any atom is -0.508 e. The van der Waals surface area contributed by atoms with Gasteiger partial charge in [0.25, 0.3) is 0 Å². The Kier molecular flexibility index (Phi) is 3.96. The van der Waals surface area contributed by atoms with Crippen molar-refractivity contribution in [3.05, 3.63) is 65.0 Å². The fourth-order valence-corrected chi connectivity index (χ4v) is 2.31. The number of nitrogens with zero attached hydrogens (tertiary/aromatic N) is 2. The van der Waals surface area contributed by atoms with Crippen LogP contribution in [-0.2, 0) is 5.41 Å². The van der Waals surface area contributed by atoms with Crippen molar-refractivity contribution in [1.82, 2.24) is 10.2 Å². The quantitative estimate of drug-likeness (QED) is 0.690. The van der Waals surface area contributed by atoms with Crippen LogP contribution in [0.3, 0.4) is 0 Å². The number of rotatable bonds is 4. The molecule has 6 heteroatoms. The van der Waals surface area contributed by atoms with Crippen LogP contribution < -0.4 is 5.32 Å². The number of phenolic OH excluding ortho intramolecular Hbond substituents is 1. The maximum atomic E-state index is 9.29. The Morgan fingerprint density at radius 3 is 2.30 bits per heavy atom. The second kappa shape index (κ2) is 5.93. The van der Waals surface area contributed by atoms with Crippen molar-refractivity contribution in [2.24, 2.45) is 0 Å². The highest BCUT2D eigenvalue weighted by molar-refractivity contribution is 6.30. The number of phenols is 1. The fourth-order valence-electron chi connectivity index (χ4n) is 2.18. The van der Waals surface area contributed by atoms with Crippen LogP contribution in [0.4, 0.5) is 11.7 Å². The molecule has 3 aromatic rings. The van der Waals surface area contributed by atoms with Crippen LogP contribution >= 0.6 is 11.6 Å². The van der Waals surface area contributed by atoms with Crippen LogP contribution in [0.2, 0.25) is 5.02 Å². The molecule has 0 radical (unpaired) electrons. The summed E-state index contributed by atoms with van der Waals surface area (Å²) < 4.78 is 5.74. The minimum atomic E-state index is -0.438. The Morgan fingerprint density at radius 1 is 1.00 bits per heavy atom. The zero-order valence-electron chi connectivity index (χ0n) is 12.7. The van der Waals surface area contributed by atoms with E-state index in [1.54, 1.807) is 24.3 Å². The maximum Gasteiger partial charge on any atom is 0.320 e. The first kappa shape index (κ1) is 15.4. The lowest BCUT2D eigenvalue weighted by Gasteiger charge is -2.20. The van der Waals surface area contributed by atoms with E-state index in [1.165, 1.54) is 0 Å². The highest BCUT2D eigenvalue weighted by atomic mass is 35.5. The summed E-state index contributed by atoms with van der Waals surface area (Å²) in [5, 5.41) is 21.2. The normalized spacial score (nSPS) is 11.4. The molecule has 2 aromatic carbocycles. The van der Waals surface area contributed by atoms with Gasteiger partial charge in [-0.2, -0.15) is 0 Å². The van der Waals surface area contributed by atoms with Crippen LogP contribution in [0.1, 0.15) is 25.3 Å². The standard InChI is InChI=1S/C17H16ClN3O2/c1-17(2,11-3-5-12(18)6-4-11)15-20-21-16(23-15)19-13-7-9-14(22)10-8-13/h3-10,22H,1-2H3,(H,19,21). The first-order chi connectivity index (χ1) is 10.9. The molecule has 118 valence electrons. The van der Waals surface area contributed by atoms with Crippen molar-refractivity contribution >= 4 is 23.3 Å². The molecule has 5 nitrogen and oxygen atoms in total. The molecule has 23 heavy (non-hydrogen) atoms. The molecule has 0 saturated carbocycles. The predicted molar refractivity (Wildman–Crippen MR) is 89.3 cm³/mol. The van der Waals surface area contributed by atoms with E-state index >= 15 is 0 Å². The minimum absolute atomic E-state index is 0.200. The van der Waals surface area contributed by atoms with Crippen molar-refractivity contribution in [1.29, 1.82) is 0 Å². The fraction of sp³-hybridized carbons (Fsp3) is 0.176. The third-order valence-corrected chi connectivity index (χ3v) is 3.90. The van der Waals surface area contributed by atoms with E-state index in [0.29, 0.717) is 16.9 Å². The van der Waals surface area contributed by atoms with Crippen molar-refractivity contribution in [2.45, 2.75) is 19.3 Å². The van der Waals surface area contributed by atoms with Crippen LogP contribution in [0.15, 0.2) is 52.9 Å². The van der Waals surface area contributed by atoms with E-state index in [4.69, 9.17) is 16.0 Å². The third kappa shape index (κ3) is 3.29. The first-order valence-electron chi connectivity index (χ1n) is 7.11. The van der Waals surface area contributed by atoms with E-state index in [-0.39, 0.29) is 5.75 Å². The van der Waals surface area contributed by atoms with Gasteiger partial charge in [-0.15, -0.1) is 5.10 Å². The molecule has 2 N–H and O–H groups in total. The van der Waals surface area contributed by atoms with Crippen molar-refractivity contribution in [3.63, 3.8) is 0 Å². The summed E-state index contributed by atoms with van der Waals surface area (Å²) in [6.45, 7) is 4.02. The molecule has 0 amide bonds. The second-order valence-electron chi connectivity index (χ2n) is 5.72. The lowest BCUT2D eigenvalue weighted by atomic mass is 9.85. The summed E-state index contributed by atoms with van der Waals surface area (Å²) in [6, 6.07) is 14.5. The average Bonchev–Trinajstić information content (AvgIpc) is 2.99. The molecule has 1 heterocycles. The Balaban J connectivity index is 1.82. The van der Waals surface area contributed by atoms with E-state index in [9.17, 15) is 5.11 Å². The van der Waals surface area contributed by atoms with Crippen molar-refractivity contribution < 1.29 is 9.52 Å². The summed E-state index contributed by atoms with van der Waals surface area (Å²) >= 11 is 5.93. The molecule has 0 unspecified atom stereocenters. The molecule has 0 spiro atoms. The second-order valence-corrected chi connectivity index (χ2v) is 6.15. The van der Waals surface area contributed by atoms with Crippen molar-refractivity contribution in [2.75, 3.05) is 5.32 Å². The number of benzene rings is 2. The number of halogens is 1.